The molecule has 0 aromatic heterocycles. The molecule has 182 valence electrons. The predicted molar refractivity (Wildman–Crippen MR) is 120 cm³/mol. The summed E-state index contributed by atoms with van der Waals surface area (Å²) in [5, 5.41) is 18.4. The molecule has 2 atom stereocenters. The predicted octanol–water partition coefficient (Wildman–Crippen LogP) is 3.01. The van der Waals surface area contributed by atoms with Crippen LogP contribution in [0.15, 0.2) is 36.4 Å². The number of carbonyl (C=O) groups is 1. The first-order valence-corrected chi connectivity index (χ1v) is 11.0. The smallest absolute Gasteiger partial charge is 0.417 e. The molecule has 5 rings (SSSR count). The Morgan fingerprint density at radius 3 is 2.63 bits per heavy atom. The highest BCUT2D eigenvalue weighted by molar-refractivity contribution is 7.81. The third-order valence-corrected chi connectivity index (χ3v) is 6.57. The van der Waals surface area contributed by atoms with E-state index in [1.165, 1.54) is 12.1 Å². The highest BCUT2D eigenvalue weighted by atomic mass is 32.1. The molecular formula is C23H18F3N3O5S. The summed E-state index contributed by atoms with van der Waals surface area (Å²) in [5.74, 6) is 0.270. The van der Waals surface area contributed by atoms with Crippen molar-refractivity contribution >= 4 is 34.6 Å². The second-order valence-electron chi connectivity index (χ2n) is 8.30. The normalized spacial score (nSPS) is 23.8. The highest BCUT2D eigenvalue weighted by Crippen LogP contribution is 2.45. The van der Waals surface area contributed by atoms with Gasteiger partial charge in [0.25, 0.3) is 5.91 Å². The number of hydrogen-bond acceptors (Lipinski definition) is 7. The number of ether oxygens (including phenoxy) is 3. The second kappa shape index (κ2) is 8.37. The molecule has 0 saturated carbocycles. The van der Waals surface area contributed by atoms with Crippen molar-refractivity contribution in [1.29, 1.82) is 5.26 Å². The first kappa shape index (κ1) is 23.3. The minimum absolute atomic E-state index is 0.00803. The van der Waals surface area contributed by atoms with Crippen LogP contribution in [0.1, 0.15) is 17.5 Å². The van der Waals surface area contributed by atoms with Gasteiger partial charge in [-0.2, -0.15) is 18.4 Å². The number of fused-ring (bicyclic) bond motifs is 1. The van der Waals surface area contributed by atoms with E-state index in [0.717, 1.165) is 17.0 Å². The Kier molecular flexibility index (Phi) is 5.58. The Hall–Kier alpha value is -3.40. The minimum atomic E-state index is -4.79. The highest BCUT2D eigenvalue weighted by Gasteiger charge is 2.58. The van der Waals surface area contributed by atoms with Crippen molar-refractivity contribution in [2.24, 2.45) is 0 Å². The summed E-state index contributed by atoms with van der Waals surface area (Å²) < 4.78 is 57.6. The number of anilines is 2. The number of alkyl halides is 3. The van der Waals surface area contributed by atoms with Gasteiger partial charge in [-0.3, -0.25) is 9.69 Å². The van der Waals surface area contributed by atoms with Gasteiger partial charge >= 0.3 is 6.18 Å². The van der Waals surface area contributed by atoms with Crippen LogP contribution in [0, 0.1) is 11.3 Å². The van der Waals surface area contributed by atoms with Crippen molar-refractivity contribution in [3.63, 3.8) is 0 Å². The van der Waals surface area contributed by atoms with Crippen molar-refractivity contribution in [1.82, 2.24) is 0 Å². The van der Waals surface area contributed by atoms with Gasteiger partial charge in [-0.1, -0.05) is 0 Å². The Morgan fingerprint density at radius 1 is 1.20 bits per heavy atom. The van der Waals surface area contributed by atoms with Crippen LogP contribution in [-0.4, -0.2) is 54.2 Å². The molecule has 1 amide bonds. The van der Waals surface area contributed by atoms with Crippen molar-refractivity contribution in [2.75, 3.05) is 36.2 Å². The van der Waals surface area contributed by atoms with E-state index >= 15 is 0 Å². The molecule has 2 fully saturated rings. The fraction of sp³-hybridized carbons (Fsp3) is 0.348. The Labute approximate surface area is 203 Å². The van der Waals surface area contributed by atoms with E-state index in [2.05, 4.69) is 0 Å². The maximum atomic E-state index is 13.7. The molecule has 0 aliphatic carbocycles. The van der Waals surface area contributed by atoms with Gasteiger partial charge in [0.05, 0.1) is 36.1 Å². The molecule has 2 aromatic rings. The summed E-state index contributed by atoms with van der Waals surface area (Å²) in [5.41, 5.74) is -2.57. The van der Waals surface area contributed by atoms with Crippen LogP contribution in [0.4, 0.5) is 24.5 Å². The van der Waals surface area contributed by atoms with Crippen LogP contribution in [-0.2, 0) is 15.7 Å². The largest absolute Gasteiger partial charge is 0.486 e. The molecule has 12 heteroatoms. The molecule has 8 nitrogen and oxygen atoms in total. The first-order valence-electron chi connectivity index (χ1n) is 10.6. The van der Waals surface area contributed by atoms with Gasteiger partial charge in [-0.05, 0) is 42.5 Å². The summed E-state index contributed by atoms with van der Waals surface area (Å²) in [6.45, 7) is 0.169. The summed E-state index contributed by atoms with van der Waals surface area (Å²) >= 11 is 5.63. The number of hydrogen-bond donors (Lipinski definition) is 1. The lowest BCUT2D eigenvalue weighted by molar-refractivity contribution is -0.137. The number of rotatable bonds is 3. The van der Waals surface area contributed by atoms with E-state index in [9.17, 15) is 23.1 Å². The monoisotopic (exact) mass is 505 g/mol. The molecule has 3 aliphatic rings. The maximum absolute atomic E-state index is 13.7. The van der Waals surface area contributed by atoms with E-state index in [4.69, 9.17) is 31.7 Å². The van der Waals surface area contributed by atoms with E-state index in [-0.39, 0.29) is 43.6 Å². The number of aliphatic hydroxyl groups excluding tert-OH is 1. The number of aliphatic hydroxyl groups is 1. The number of carbonyl (C=O) groups excluding carboxylic acids is 1. The summed E-state index contributed by atoms with van der Waals surface area (Å²) in [6.07, 6.45) is -5.03. The third-order valence-electron chi connectivity index (χ3n) is 6.21. The van der Waals surface area contributed by atoms with Crippen LogP contribution in [0.5, 0.6) is 11.5 Å². The average molecular weight is 505 g/mol. The number of nitriles is 1. The number of benzene rings is 2. The van der Waals surface area contributed by atoms with E-state index in [1.54, 1.807) is 23.1 Å². The van der Waals surface area contributed by atoms with Gasteiger partial charge in [0, 0.05) is 24.8 Å². The second-order valence-corrected chi connectivity index (χ2v) is 8.66. The molecule has 2 saturated heterocycles. The van der Waals surface area contributed by atoms with Gasteiger partial charge < -0.3 is 24.2 Å². The van der Waals surface area contributed by atoms with Gasteiger partial charge in [0.2, 0.25) is 0 Å². The fourth-order valence-electron chi connectivity index (χ4n) is 4.49. The lowest BCUT2D eigenvalue weighted by Crippen LogP contribution is -2.50. The number of nitrogens with zero attached hydrogens (tertiary/aromatic N) is 3. The quantitative estimate of drug-likeness (QED) is 0.637. The number of amides is 1. The standard InChI is InChI=1S/C23H18F3N3O5S/c24-23(25,26)17-7-14(2-1-13(17)9-27)28-20(31)22(5-6-32-12-22)29(21(28)35)15-3-4-18-19(8-15)33-11-16(10-30)34-18/h1-4,7-8,16,30H,5-6,10-12H2. The van der Waals surface area contributed by atoms with Crippen molar-refractivity contribution < 1.29 is 37.3 Å². The lowest BCUT2D eigenvalue weighted by atomic mass is 9.95. The number of halogens is 3. The molecule has 0 bridgehead atoms. The maximum Gasteiger partial charge on any atom is 0.417 e. The van der Waals surface area contributed by atoms with Gasteiger partial charge in [-0.25, -0.2) is 0 Å². The van der Waals surface area contributed by atoms with Crippen LogP contribution >= 0.6 is 12.2 Å². The molecular weight excluding hydrogens is 487 g/mol. The molecule has 3 aliphatic heterocycles. The SMILES string of the molecule is N#Cc1ccc(N2C(=O)C3(CCOC3)N(c3ccc4c(c3)OCC(CO)O4)C2=S)cc1C(F)(F)F. The van der Waals surface area contributed by atoms with Crippen LogP contribution in [0.2, 0.25) is 0 Å². The average Bonchev–Trinajstić information content (AvgIpc) is 3.41. The van der Waals surface area contributed by atoms with E-state index in [1.807, 2.05) is 0 Å². The molecule has 3 heterocycles. The molecule has 1 spiro atoms. The molecule has 2 aromatic carbocycles. The first-order chi connectivity index (χ1) is 16.7. The number of thiocarbonyl (C=S) groups is 1. The minimum Gasteiger partial charge on any atom is -0.486 e. The Bertz CT molecular complexity index is 1260. The summed E-state index contributed by atoms with van der Waals surface area (Å²) in [7, 11) is 0. The lowest BCUT2D eigenvalue weighted by Gasteiger charge is -2.32. The molecule has 0 radical (unpaired) electrons. The van der Waals surface area contributed by atoms with Gasteiger partial charge in [-0.15, -0.1) is 0 Å². The van der Waals surface area contributed by atoms with Crippen molar-refractivity contribution in [2.45, 2.75) is 24.2 Å². The molecule has 1 N–H and O–H groups in total. The topological polar surface area (TPSA) is 95.3 Å². The Balaban J connectivity index is 1.58. The van der Waals surface area contributed by atoms with Gasteiger partial charge in [0.1, 0.15) is 6.61 Å². The van der Waals surface area contributed by atoms with Crippen LogP contribution in [0.3, 0.4) is 0 Å². The third kappa shape index (κ3) is 3.67. The zero-order valence-corrected chi connectivity index (χ0v) is 18.9. The van der Waals surface area contributed by atoms with E-state index < -0.39 is 34.9 Å². The fourth-order valence-corrected chi connectivity index (χ4v) is 4.96. The molecule has 2 unspecified atom stereocenters. The summed E-state index contributed by atoms with van der Waals surface area (Å²) in [4.78, 5) is 16.3. The Morgan fingerprint density at radius 2 is 1.97 bits per heavy atom. The molecule has 35 heavy (non-hydrogen) atoms. The van der Waals surface area contributed by atoms with Crippen molar-refractivity contribution in [3.05, 3.63) is 47.5 Å². The zero-order chi connectivity index (χ0) is 25.0. The zero-order valence-electron chi connectivity index (χ0n) is 18.0. The van der Waals surface area contributed by atoms with Crippen LogP contribution in [0.25, 0.3) is 0 Å². The van der Waals surface area contributed by atoms with E-state index in [0.29, 0.717) is 17.2 Å². The summed E-state index contributed by atoms with van der Waals surface area (Å²) in [6, 6.07) is 9.49. The van der Waals surface area contributed by atoms with Gasteiger partial charge in [0.15, 0.2) is 28.3 Å². The van der Waals surface area contributed by atoms with Crippen molar-refractivity contribution in [3.8, 4) is 17.6 Å². The van der Waals surface area contributed by atoms with Crippen LogP contribution < -0.4 is 19.3 Å².